The SMILES string of the molecule is CCc1ccccc1.Cc1cc(C)nc(C)n1.Cc1cccc(C)c1C.Cc1ccco1.Cc1cccs1.Cc1ccoc1.Cc1ccsc1.Cc1nc(C)nc(C)n1.Cc1ncnc(C)c1C.Cn1c2ccccc2c2ccccc21.[2H]c1c([2H])c([2H])c(C)c([2H])c1[2H]. The summed E-state index contributed by atoms with van der Waals surface area (Å²) < 4.78 is 48.1. The van der Waals surface area contributed by atoms with Gasteiger partial charge in [0, 0.05) is 56.5 Å². The molecule has 0 aliphatic carbocycles. The molecule has 466 valence electrons. The van der Waals surface area contributed by atoms with Crippen LogP contribution in [0.25, 0.3) is 21.8 Å². The Morgan fingerprint density at radius 2 is 1.00 bits per heavy atom. The molecule has 0 aliphatic heterocycles. The number of para-hydroxylation sites is 2. The number of furan rings is 2. The minimum atomic E-state index is -0.337. The predicted octanol–water partition coefficient (Wildman–Crippen LogP) is 21.1. The van der Waals surface area contributed by atoms with Gasteiger partial charge in [0.15, 0.2) is 0 Å². The Morgan fingerprint density at radius 3 is 1.33 bits per heavy atom. The summed E-state index contributed by atoms with van der Waals surface area (Å²) in [6.07, 6.45) is 7.77. The van der Waals surface area contributed by atoms with Gasteiger partial charge < -0.3 is 13.4 Å². The van der Waals surface area contributed by atoms with E-state index < -0.39 is 0 Å². The number of rotatable bonds is 1. The van der Waals surface area contributed by atoms with Gasteiger partial charge in [-0.1, -0.05) is 134 Å². The van der Waals surface area contributed by atoms with Crippen molar-refractivity contribution in [3.63, 3.8) is 0 Å². The molecule has 10 nitrogen and oxygen atoms in total. The van der Waals surface area contributed by atoms with Crippen molar-refractivity contribution in [2.45, 2.75) is 131 Å². The Hall–Kier alpha value is -8.97. The van der Waals surface area contributed by atoms with Crippen LogP contribution in [0.4, 0.5) is 0 Å². The first kappa shape index (κ1) is 66.0. The Kier molecular flexibility index (Phi) is 31.1. The monoisotopic (exact) mass is 1230 g/mol. The van der Waals surface area contributed by atoms with Crippen molar-refractivity contribution in [1.29, 1.82) is 0 Å². The number of fused-ring (bicyclic) bond motifs is 3. The highest BCUT2D eigenvalue weighted by atomic mass is 32.1. The van der Waals surface area contributed by atoms with Gasteiger partial charge in [0.1, 0.15) is 35.4 Å². The molecule has 0 radical (unpaired) electrons. The van der Waals surface area contributed by atoms with Crippen molar-refractivity contribution >= 4 is 44.5 Å². The Balaban J connectivity index is 0.000000273. The molecule has 8 heterocycles. The van der Waals surface area contributed by atoms with Crippen LogP contribution in [0.3, 0.4) is 0 Å². The van der Waals surface area contributed by atoms with Crippen LogP contribution in [0.15, 0.2) is 220 Å². The minimum absolute atomic E-state index is 0.124. The molecule has 0 aliphatic rings. The zero-order chi connectivity index (χ0) is 69.9. The number of benzene rings is 5. The molecule has 12 heteroatoms. The molecule has 0 N–H and O–H groups in total. The first-order valence-corrected chi connectivity index (χ1v) is 31.2. The lowest BCUT2D eigenvalue weighted by molar-refractivity contribution is 0.534. The average Bonchev–Trinajstić information content (AvgIpc) is 1.60. The molecule has 5 aromatic carbocycles. The van der Waals surface area contributed by atoms with Crippen LogP contribution in [0.2, 0.25) is 0 Å². The van der Waals surface area contributed by atoms with E-state index in [4.69, 9.17) is 15.7 Å². The number of aryl methyl sites for hydroxylation is 16. The van der Waals surface area contributed by atoms with Crippen LogP contribution in [0, 0.1) is 118 Å². The third-order valence-corrected chi connectivity index (χ3v) is 14.5. The first-order chi connectivity index (χ1) is 44.6. The van der Waals surface area contributed by atoms with Gasteiger partial charge in [0.05, 0.1) is 25.6 Å². The van der Waals surface area contributed by atoms with Gasteiger partial charge in [0.2, 0.25) is 0 Å². The van der Waals surface area contributed by atoms with Crippen molar-refractivity contribution in [2.75, 3.05) is 0 Å². The van der Waals surface area contributed by atoms with E-state index in [2.05, 4.69) is 213 Å². The molecule has 0 bridgehead atoms. The van der Waals surface area contributed by atoms with Gasteiger partial charge in [-0.25, -0.2) is 34.9 Å². The largest absolute Gasteiger partial charge is 0.472 e. The highest BCUT2D eigenvalue weighted by Crippen LogP contribution is 2.27. The molecule has 13 rings (SSSR count). The molecule has 0 fully saturated rings. The molecule has 8 aromatic heterocycles. The molecule has 13 aromatic rings. The Morgan fingerprint density at radius 1 is 0.472 bits per heavy atom. The molecule has 0 saturated carbocycles. The van der Waals surface area contributed by atoms with Crippen LogP contribution in [0.5, 0.6) is 0 Å². The van der Waals surface area contributed by atoms with E-state index in [1.165, 1.54) is 72.6 Å². The van der Waals surface area contributed by atoms with E-state index in [9.17, 15) is 0 Å². The topological polar surface area (TPSA) is 121 Å². The van der Waals surface area contributed by atoms with Gasteiger partial charge in [-0.15, -0.1) is 11.3 Å². The van der Waals surface area contributed by atoms with E-state index in [0.717, 1.165) is 58.3 Å². The summed E-state index contributed by atoms with van der Waals surface area (Å²) in [5.74, 6) is 4.20. The number of hydrogen-bond acceptors (Lipinski definition) is 11. The number of hydrogen-bond donors (Lipinski definition) is 0. The van der Waals surface area contributed by atoms with Crippen molar-refractivity contribution < 1.29 is 15.7 Å². The maximum atomic E-state index is 7.31. The molecule has 0 spiro atoms. The van der Waals surface area contributed by atoms with Crippen LogP contribution in [-0.2, 0) is 13.5 Å². The Bertz CT molecular complexity index is 3710. The molecule has 89 heavy (non-hydrogen) atoms. The maximum absolute atomic E-state index is 7.31. The van der Waals surface area contributed by atoms with Crippen LogP contribution < -0.4 is 0 Å². The third kappa shape index (κ3) is 31.0. The lowest BCUT2D eigenvalue weighted by Gasteiger charge is -2.00. The summed E-state index contributed by atoms with van der Waals surface area (Å²) in [4.78, 5) is 29.7. The lowest BCUT2D eigenvalue weighted by Crippen LogP contribution is -1.97. The van der Waals surface area contributed by atoms with Gasteiger partial charge in [0.25, 0.3) is 0 Å². The average molecular weight is 1230 g/mol. The summed E-state index contributed by atoms with van der Waals surface area (Å²) in [5.41, 5.74) is 16.4. The molecule has 0 amide bonds. The number of aromatic nitrogens is 8. The van der Waals surface area contributed by atoms with E-state index >= 15 is 0 Å². The first-order valence-electron chi connectivity index (χ1n) is 31.8. The van der Waals surface area contributed by atoms with Crippen LogP contribution in [0.1, 0.15) is 115 Å². The van der Waals surface area contributed by atoms with E-state index in [0.29, 0.717) is 5.56 Å². The smallest absolute Gasteiger partial charge is 0.129 e. The zero-order valence-electron chi connectivity index (χ0n) is 60.7. The van der Waals surface area contributed by atoms with Crippen molar-refractivity contribution in [1.82, 2.24) is 39.5 Å². The van der Waals surface area contributed by atoms with Gasteiger partial charge in [-0.05, 0) is 228 Å². The number of thiophene rings is 2. The van der Waals surface area contributed by atoms with Crippen molar-refractivity contribution in [3.05, 3.63) is 312 Å². The summed E-state index contributed by atoms with van der Waals surface area (Å²) in [7, 11) is 2.12. The fourth-order valence-electron chi connectivity index (χ4n) is 7.77. The van der Waals surface area contributed by atoms with Crippen molar-refractivity contribution in [3.8, 4) is 0 Å². The zero-order valence-corrected chi connectivity index (χ0v) is 57.4. The fourth-order valence-corrected chi connectivity index (χ4v) is 8.96. The van der Waals surface area contributed by atoms with Crippen LogP contribution >= 0.6 is 22.7 Å². The second kappa shape index (κ2) is 42.0. The summed E-state index contributed by atoms with van der Waals surface area (Å²) in [6.45, 7) is 35.7. The third-order valence-electron chi connectivity index (χ3n) is 12.9. The molecule has 0 saturated heterocycles. The molecular weight excluding hydrogens is 1130 g/mol. The van der Waals surface area contributed by atoms with Gasteiger partial charge in [-0.2, -0.15) is 11.3 Å². The number of nitrogens with zero attached hydrogens (tertiary/aromatic N) is 8. The van der Waals surface area contributed by atoms with Crippen molar-refractivity contribution in [2.24, 2.45) is 7.05 Å². The normalized spacial score (nSPS) is 10.3. The lowest BCUT2D eigenvalue weighted by atomic mass is 10.1. The molecule has 0 atom stereocenters. The summed E-state index contributed by atoms with van der Waals surface area (Å²) >= 11 is 3.52. The fraction of sp³-hybridized carbons (Fsp3) is 0.260. The highest BCUT2D eigenvalue weighted by Gasteiger charge is 2.05. The predicted molar refractivity (Wildman–Crippen MR) is 380 cm³/mol. The second-order valence-corrected chi connectivity index (χ2v) is 22.5. The molecule has 0 unspecified atom stereocenters. The highest BCUT2D eigenvalue weighted by molar-refractivity contribution is 7.09. The maximum Gasteiger partial charge on any atom is 0.129 e. The summed E-state index contributed by atoms with van der Waals surface area (Å²) in [5, 5.41) is 8.96. The van der Waals surface area contributed by atoms with Gasteiger partial charge in [-0.3, -0.25) is 0 Å². The summed E-state index contributed by atoms with van der Waals surface area (Å²) in [6, 6.07) is 46.7. The van der Waals surface area contributed by atoms with Crippen LogP contribution in [-0.4, -0.2) is 39.5 Å². The standard InChI is InChI=1S/C13H11N.C9H12.C8H10.2C7H10N2.C7H8.C6H9N3.2C5H6O.2C5H6S/c1-14-12-8-4-2-6-10(12)11-7-3-5-9-13(11)14;1-7-5-4-6-8(2)9(7)3;1-2-8-6-4-3-5-7-8;1-5-6(2)8-4-9-7(5)3;1-5-4-6(2)9-7(3)8-5;1-7-5-3-2-4-6-7;1-4-7-5(2)9-6(3)8-4;1-5-2-3-6-4-5;1-5-3-2-4-6-5;1-5-2-3-6-4-5;1-5-3-2-4-6-5/h2-9H,1H3;4-6H,1-3H3;3-7H,2H2,1H3;2*4H,1-3H3;2-6H,1H3;1-3H3;4*2-4H,1H3/i;;;;;2D,3D,4D,5D,6D;;;;;. The molecular formula is C77H94N8O2S2. The quantitative estimate of drug-likeness (QED) is 0.158. The van der Waals surface area contributed by atoms with E-state index in [-0.39, 0.29) is 30.2 Å². The second-order valence-electron chi connectivity index (χ2n) is 20.6. The minimum Gasteiger partial charge on any atom is -0.472 e. The van der Waals surface area contributed by atoms with E-state index in [1.54, 1.807) is 47.8 Å². The van der Waals surface area contributed by atoms with Gasteiger partial charge >= 0.3 is 0 Å². The Labute approximate surface area is 547 Å². The van der Waals surface area contributed by atoms with E-state index in [1.807, 2.05) is 106 Å².